The van der Waals surface area contributed by atoms with E-state index in [9.17, 15) is 5.11 Å². The van der Waals surface area contributed by atoms with Crippen molar-refractivity contribution in [3.05, 3.63) is 41.0 Å². The maximum absolute atomic E-state index is 10.1. The van der Waals surface area contributed by atoms with Crippen LogP contribution in [0, 0.1) is 0 Å². The van der Waals surface area contributed by atoms with Crippen molar-refractivity contribution in [3.8, 4) is 17.1 Å². The van der Waals surface area contributed by atoms with Gasteiger partial charge in [-0.25, -0.2) is 4.68 Å². The first kappa shape index (κ1) is 28.2. The monoisotopic (exact) mass is 552 g/mol. The van der Waals surface area contributed by atoms with Crippen LogP contribution in [0.15, 0.2) is 29.6 Å². The van der Waals surface area contributed by atoms with Crippen molar-refractivity contribution in [3.63, 3.8) is 0 Å². The molecule has 2 bridgehead atoms. The van der Waals surface area contributed by atoms with Crippen LogP contribution >= 0.6 is 0 Å². The van der Waals surface area contributed by atoms with Crippen molar-refractivity contribution in [1.82, 2.24) is 40.3 Å². The predicted molar refractivity (Wildman–Crippen MR) is 152 cm³/mol. The number of nitrogens with one attached hydrogen (secondary N) is 2. The minimum Gasteiger partial charge on any atom is -0.473 e. The second-order valence-electron chi connectivity index (χ2n) is 10.7. The number of aliphatic hydroxyl groups excluding tert-OH is 1. The van der Waals surface area contributed by atoms with Crippen molar-refractivity contribution in [2.75, 3.05) is 40.5 Å². The van der Waals surface area contributed by atoms with Crippen molar-refractivity contribution in [2.45, 2.75) is 52.2 Å². The number of ether oxygens (including phenoxy) is 3. The Balaban J connectivity index is 1.71. The molecule has 0 amide bonds. The van der Waals surface area contributed by atoms with Gasteiger partial charge in [0.05, 0.1) is 53.6 Å². The first-order valence-electron chi connectivity index (χ1n) is 13.7. The molecule has 0 fully saturated rings. The molecule has 0 saturated carbocycles. The minimum absolute atomic E-state index is 0.00815. The minimum atomic E-state index is -0.781. The number of hydrogen-bond acceptors (Lipinski definition) is 10. The van der Waals surface area contributed by atoms with Gasteiger partial charge in [0.2, 0.25) is 5.88 Å². The molecule has 0 aliphatic carbocycles. The van der Waals surface area contributed by atoms with E-state index in [0.29, 0.717) is 32.2 Å². The molecule has 3 atom stereocenters. The molecule has 3 aromatic rings. The number of aryl methyl sites for hydroxylation is 1. The molecule has 216 valence electrons. The summed E-state index contributed by atoms with van der Waals surface area (Å²) in [6.45, 7) is 10.1. The van der Waals surface area contributed by atoms with E-state index < -0.39 is 5.72 Å². The smallest absolute Gasteiger partial charge is 0.221 e. The SMILES string of the molecule is CCOC1(C)NN([C@@H](C)CO)C2=C1/C=C/c1n[nH]c3cnc(cc13)-c1c(COC)nn(C)c1O[C@@H](C)CN(C)C2. The van der Waals surface area contributed by atoms with Gasteiger partial charge in [-0.2, -0.15) is 15.6 Å². The van der Waals surface area contributed by atoms with Crippen molar-refractivity contribution >= 4 is 17.0 Å². The fourth-order valence-corrected chi connectivity index (χ4v) is 5.58. The third-order valence-electron chi connectivity index (χ3n) is 7.38. The lowest BCUT2D eigenvalue weighted by molar-refractivity contribution is -0.0559. The molecular formula is C28H40N8O4. The van der Waals surface area contributed by atoms with Gasteiger partial charge in [0.25, 0.3) is 0 Å². The Morgan fingerprint density at radius 2 is 2.10 bits per heavy atom. The summed E-state index contributed by atoms with van der Waals surface area (Å²) in [6, 6.07) is 1.85. The van der Waals surface area contributed by atoms with E-state index >= 15 is 0 Å². The zero-order chi connectivity index (χ0) is 28.6. The Kier molecular flexibility index (Phi) is 7.98. The van der Waals surface area contributed by atoms with Gasteiger partial charge in [0, 0.05) is 44.8 Å². The van der Waals surface area contributed by atoms with Crippen LogP contribution in [-0.2, 0) is 23.1 Å². The van der Waals surface area contributed by atoms with Crippen LogP contribution in [-0.4, -0.2) is 98.3 Å². The van der Waals surface area contributed by atoms with Crippen LogP contribution in [0.4, 0.5) is 0 Å². The Hall–Kier alpha value is -3.29. The average Bonchev–Trinajstić information content (AvgIpc) is 3.53. The fourth-order valence-electron chi connectivity index (χ4n) is 5.58. The van der Waals surface area contributed by atoms with Gasteiger partial charge in [-0.05, 0) is 46.9 Å². The zero-order valence-electron chi connectivity index (χ0n) is 24.4. The summed E-state index contributed by atoms with van der Waals surface area (Å²) in [6.07, 6.45) is 5.69. The number of hydrogen-bond donors (Lipinski definition) is 3. The number of H-pyrrole nitrogens is 1. The number of fused-ring (bicyclic) bond motifs is 3. The summed E-state index contributed by atoms with van der Waals surface area (Å²) in [5.74, 6) is 0.636. The first-order chi connectivity index (χ1) is 19.2. The molecule has 0 saturated heterocycles. The maximum Gasteiger partial charge on any atom is 0.221 e. The van der Waals surface area contributed by atoms with Crippen LogP contribution in [0.1, 0.15) is 39.1 Å². The van der Waals surface area contributed by atoms with Crippen LogP contribution < -0.4 is 10.2 Å². The van der Waals surface area contributed by atoms with Gasteiger partial charge in [0.15, 0.2) is 5.72 Å². The second kappa shape index (κ2) is 11.3. The molecular weight excluding hydrogens is 512 g/mol. The van der Waals surface area contributed by atoms with E-state index in [4.69, 9.17) is 24.3 Å². The number of rotatable bonds is 6. The summed E-state index contributed by atoms with van der Waals surface area (Å²) in [5.41, 5.74) is 8.63. The molecule has 3 N–H and O–H groups in total. The van der Waals surface area contributed by atoms with Crippen molar-refractivity contribution in [2.24, 2.45) is 7.05 Å². The quantitative estimate of drug-likeness (QED) is 0.420. The molecule has 1 unspecified atom stereocenters. The topological polar surface area (TPSA) is 126 Å². The molecule has 0 aromatic carbocycles. The highest BCUT2D eigenvalue weighted by Crippen LogP contribution is 2.37. The summed E-state index contributed by atoms with van der Waals surface area (Å²) in [7, 11) is 5.59. The summed E-state index contributed by atoms with van der Waals surface area (Å²) in [4.78, 5) is 6.95. The van der Waals surface area contributed by atoms with Gasteiger partial charge in [-0.3, -0.25) is 15.0 Å². The zero-order valence-corrected chi connectivity index (χ0v) is 24.4. The lowest BCUT2D eigenvalue weighted by atomic mass is 10.0. The number of hydrazine groups is 1. The molecule has 3 aromatic heterocycles. The highest BCUT2D eigenvalue weighted by molar-refractivity contribution is 5.90. The van der Waals surface area contributed by atoms with Crippen LogP contribution in [0.5, 0.6) is 5.88 Å². The number of aromatic amines is 1. The largest absolute Gasteiger partial charge is 0.473 e. The molecule has 40 heavy (non-hydrogen) atoms. The molecule has 0 radical (unpaired) electrons. The first-order valence-corrected chi connectivity index (χ1v) is 13.7. The lowest BCUT2D eigenvalue weighted by Gasteiger charge is -2.33. The van der Waals surface area contributed by atoms with Gasteiger partial charge in [-0.15, -0.1) is 0 Å². The van der Waals surface area contributed by atoms with Crippen molar-refractivity contribution < 1.29 is 19.3 Å². The van der Waals surface area contributed by atoms with Gasteiger partial charge in [0.1, 0.15) is 11.8 Å². The highest BCUT2D eigenvalue weighted by Gasteiger charge is 2.42. The highest BCUT2D eigenvalue weighted by atomic mass is 16.5. The molecule has 12 nitrogen and oxygen atoms in total. The Labute approximate surface area is 234 Å². The van der Waals surface area contributed by atoms with E-state index in [1.807, 2.05) is 51.9 Å². The predicted octanol–water partition coefficient (Wildman–Crippen LogP) is 2.44. The maximum atomic E-state index is 10.1. The van der Waals surface area contributed by atoms with Crippen LogP contribution in [0.25, 0.3) is 28.2 Å². The molecule has 12 heteroatoms. The van der Waals surface area contributed by atoms with E-state index in [0.717, 1.165) is 44.8 Å². The average molecular weight is 553 g/mol. The number of aromatic nitrogens is 5. The molecule has 2 aliphatic rings. The number of pyridine rings is 1. The summed E-state index contributed by atoms with van der Waals surface area (Å²) in [5, 5.41) is 25.4. The molecule has 5 heterocycles. The summed E-state index contributed by atoms with van der Waals surface area (Å²) < 4.78 is 20.0. The number of methoxy groups -OCH3 is 1. The van der Waals surface area contributed by atoms with Crippen molar-refractivity contribution in [1.29, 1.82) is 0 Å². The standard InChI is InChI=1S/C28H40N8O4/c1-8-39-28(4)20-9-10-21-19-11-22(29-12-23(19)31-30-21)26-24(16-38-7)32-35(6)27(26)40-18(3)13-34(5)14-25(20)36(33-28)17(2)15-37/h9-12,17-18,33,37H,8,13-16H2,1-7H3,(H,30,31)/b10-9+/t17-,18-,28?/m0/s1. The fraction of sp³-hybridized carbons (Fsp3) is 0.536. The molecule has 5 rings (SSSR count). The normalized spacial score (nSPS) is 23.6. The Bertz CT molecular complexity index is 1430. The van der Waals surface area contributed by atoms with Gasteiger partial charge in [-0.1, -0.05) is 6.08 Å². The third kappa shape index (κ3) is 5.13. The van der Waals surface area contributed by atoms with Gasteiger partial charge >= 0.3 is 0 Å². The Morgan fingerprint density at radius 3 is 2.83 bits per heavy atom. The van der Waals surface area contributed by atoms with Crippen LogP contribution in [0.3, 0.4) is 0 Å². The van der Waals surface area contributed by atoms with E-state index in [-0.39, 0.29) is 18.8 Å². The summed E-state index contributed by atoms with van der Waals surface area (Å²) >= 11 is 0. The Morgan fingerprint density at radius 1 is 1.30 bits per heavy atom. The lowest BCUT2D eigenvalue weighted by Crippen LogP contribution is -2.52. The van der Waals surface area contributed by atoms with E-state index in [2.05, 4.69) is 33.6 Å². The number of aliphatic hydroxyl groups is 1. The number of likely N-dealkylation sites (N-methyl/N-ethyl adjacent to an activating group) is 1. The number of nitrogens with zero attached hydrogens (tertiary/aromatic N) is 6. The van der Waals surface area contributed by atoms with Crippen LogP contribution in [0.2, 0.25) is 0 Å². The van der Waals surface area contributed by atoms with Gasteiger partial charge < -0.3 is 24.3 Å². The van der Waals surface area contributed by atoms with E-state index in [1.54, 1.807) is 18.0 Å². The molecule has 0 spiro atoms. The van der Waals surface area contributed by atoms with E-state index in [1.165, 1.54) is 0 Å². The third-order valence-corrected chi connectivity index (χ3v) is 7.38. The second-order valence-corrected chi connectivity index (χ2v) is 10.7. The molecule has 2 aliphatic heterocycles.